The molecule has 16 heavy (non-hydrogen) atoms. The van der Waals surface area contributed by atoms with Gasteiger partial charge in [-0.2, -0.15) is 0 Å². The van der Waals surface area contributed by atoms with Crippen molar-refractivity contribution in [1.29, 1.82) is 0 Å². The summed E-state index contributed by atoms with van der Waals surface area (Å²) in [5, 5.41) is 9.58. The first-order chi connectivity index (χ1) is 7.54. The molecule has 1 aromatic heterocycles. The number of hydrogen-bond donors (Lipinski definition) is 2. The quantitative estimate of drug-likeness (QED) is 0.823. The zero-order valence-electron chi connectivity index (χ0n) is 9.65. The van der Waals surface area contributed by atoms with E-state index in [1.165, 1.54) is 0 Å². The van der Waals surface area contributed by atoms with Gasteiger partial charge in [0.2, 0.25) is 0 Å². The van der Waals surface area contributed by atoms with Crippen LogP contribution in [0.3, 0.4) is 0 Å². The molecule has 3 N–H and O–H groups in total. The Morgan fingerprint density at radius 3 is 2.75 bits per heavy atom. The van der Waals surface area contributed by atoms with Crippen molar-refractivity contribution in [3.63, 3.8) is 0 Å². The van der Waals surface area contributed by atoms with Gasteiger partial charge in [-0.1, -0.05) is 11.6 Å². The first-order valence-corrected chi connectivity index (χ1v) is 5.68. The Morgan fingerprint density at radius 2 is 2.19 bits per heavy atom. The molecule has 0 saturated heterocycles. The SMILES string of the molecule is CC(C)N(CCO)Cc1nc(N)ccc1Cl. The molecule has 5 heteroatoms. The minimum atomic E-state index is 0.123. The number of hydrogen-bond acceptors (Lipinski definition) is 4. The van der Waals surface area contributed by atoms with Gasteiger partial charge in [-0.05, 0) is 26.0 Å². The molecule has 0 fully saturated rings. The van der Waals surface area contributed by atoms with Crippen LogP contribution in [0.5, 0.6) is 0 Å². The number of aliphatic hydroxyl groups is 1. The van der Waals surface area contributed by atoms with Gasteiger partial charge in [-0.15, -0.1) is 0 Å². The molecule has 0 saturated carbocycles. The lowest BCUT2D eigenvalue weighted by atomic mass is 10.2. The van der Waals surface area contributed by atoms with Crippen LogP contribution in [0.1, 0.15) is 19.5 Å². The molecule has 0 aliphatic rings. The van der Waals surface area contributed by atoms with Crippen molar-refractivity contribution in [2.75, 3.05) is 18.9 Å². The highest BCUT2D eigenvalue weighted by Gasteiger charge is 2.12. The number of nitrogens with two attached hydrogens (primary N) is 1. The molecule has 0 aliphatic heterocycles. The molecule has 1 aromatic rings. The van der Waals surface area contributed by atoms with E-state index in [1.54, 1.807) is 12.1 Å². The van der Waals surface area contributed by atoms with Crippen molar-refractivity contribution in [1.82, 2.24) is 9.88 Å². The molecule has 0 aromatic carbocycles. The first kappa shape index (κ1) is 13.2. The maximum Gasteiger partial charge on any atom is 0.123 e. The Balaban J connectivity index is 2.80. The van der Waals surface area contributed by atoms with Crippen molar-refractivity contribution in [2.24, 2.45) is 0 Å². The van der Waals surface area contributed by atoms with Gasteiger partial charge in [0.15, 0.2) is 0 Å². The summed E-state index contributed by atoms with van der Waals surface area (Å²) in [5.74, 6) is 0.465. The summed E-state index contributed by atoms with van der Waals surface area (Å²) >= 11 is 6.04. The molecule has 0 spiro atoms. The van der Waals surface area contributed by atoms with Crippen LogP contribution >= 0.6 is 11.6 Å². The number of nitrogens with zero attached hydrogens (tertiary/aromatic N) is 2. The van der Waals surface area contributed by atoms with Crippen LogP contribution in [0, 0.1) is 0 Å². The lowest BCUT2D eigenvalue weighted by molar-refractivity contribution is 0.158. The minimum absolute atomic E-state index is 0.123. The second-order valence-corrected chi connectivity index (χ2v) is 4.36. The third-order valence-corrected chi connectivity index (χ3v) is 2.75. The van der Waals surface area contributed by atoms with Gasteiger partial charge in [0.1, 0.15) is 5.82 Å². The van der Waals surface area contributed by atoms with E-state index in [-0.39, 0.29) is 6.61 Å². The molecule has 0 amide bonds. The highest BCUT2D eigenvalue weighted by Crippen LogP contribution is 2.17. The largest absolute Gasteiger partial charge is 0.395 e. The second-order valence-electron chi connectivity index (χ2n) is 3.95. The zero-order chi connectivity index (χ0) is 12.1. The summed E-state index contributed by atoms with van der Waals surface area (Å²) in [6, 6.07) is 3.75. The number of anilines is 1. The van der Waals surface area contributed by atoms with E-state index in [2.05, 4.69) is 23.7 Å². The van der Waals surface area contributed by atoms with Gasteiger partial charge in [0.25, 0.3) is 0 Å². The molecule has 0 bridgehead atoms. The summed E-state index contributed by atoms with van der Waals surface area (Å²) in [4.78, 5) is 6.29. The van der Waals surface area contributed by atoms with Gasteiger partial charge in [-0.25, -0.2) is 4.98 Å². The monoisotopic (exact) mass is 243 g/mol. The van der Waals surface area contributed by atoms with E-state index in [9.17, 15) is 0 Å². The molecule has 0 aliphatic carbocycles. The molecule has 4 nitrogen and oxygen atoms in total. The van der Waals surface area contributed by atoms with E-state index in [0.717, 1.165) is 5.69 Å². The average molecular weight is 244 g/mol. The predicted octanol–water partition coefficient (Wildman–Crippen LogP) is 1.52. The number of aliphatic hydroxyl groups excluding tert-OH is 1. The summed E-state index contributed by atoms with van der Waals surface area (Å²) in [6.45, 7) is 5.45. The third kappa shape index (κ3) is 3.63. The number of aromatic nitrogens is 1. The smallest absolute Gasteiger partial charge is 0.123 e. The molecule has 1 rings (SSSR count). The summed E-state index contributed by atoms with van der Waals surface area (Å²) in [7, 11) is 0. The van der Waals surface area contributed by atoms with Crippen LogP contribution in [0.4, 0.5) is 5.82 Å². The molecule has 0 radical (unpaired) electrons. The van der Waals surface area contributed by atoms with Crippen molar-refractivity contribution in [3.8, 4) is 0 Å². The topological polar surface area (TPSA) is 62.4 Å². The number of pyridine rings is 1. The van der Waals surface area contributed by atoms with Crippen molar-refractivity contribution in [3.05, 3.63) is 22.8 Å². The van der Waals surface area contributed by atoms with Gasteiger partial charge >= 0.3 is 0 Å². The van der Waals surface area contributed by atoms with E-state index in [0.29, 0.717) is 30.0 Å². The molecule has 1 heterocycles. The fraction of sp³-hybridized carbons (Fsp3) is 0.545. The number of rotatable bonds is 5. The van der Waals surface area contributed by atoms with Crippen molar-refractivity contribution < 1.29 is 5.11 Å². The van der Waals surface area contributed by atoms with Gasteiger partial charge < -0.3 is 10.8 Å². The molecular weight excluding hydrogens is 226 g/mol. The van der Waals surface area contributed by atoms with Gasteiger partial charge in [-0.3, -0.25) is 4.90 Å². The van der Waals surface area contributed by atoms with E-state index < -0.39 is 0 Å². The summed E-state index contributed by atoms with van der Waals surface area (Å²) in [5.41, 5.74) is 6.37. The lowest BCUT2D eigenvalue weighted by Crippen LogP contribution is -2.33. The lowest BCUT2D eigenvalue weighted by Gasteiger charge is -2.25. The predicted molar refractivity (Wildman–Crippen MR) is 66.3 cm³/mol. The Kier molecular flexibility index (Phi) is 4.99. The average Bonchev–Trinajstić information content (AvgIpc) is 2.22. The number of halogens is 1. The van der Waals surface area contributed by atoms with E-state index in [4.69, 9.17) is 22.4 Å². The fourth-order valence-electron chi connectivity index (χ4n) is 1.45. The van der Waals surface area contributed by atoms with Crippen LogP contribution in [-0.4, -0.2) is 34.2 Å². The first-order valence-electron chi connectivity index (χ1n) is 5.30. The zero-order valence-corrected chi connectivity index (χ0v) is 10.4. The molecular formula is C11H18ClN3O. The summed E-state index contributed by atoms with van der Waals surface area (Å²) in [6.07, 6.45) is 0. The summed E-state index contributed by atoms with van der Waals surface area (Å²) < 4.78 is 0. The molecule has 0 unspecified atom stereocenters. The number of nitrogen functional groups attached to an aromatic ring is 1. The van der Waals surface area contributed by atoms with Crippen molar-refractivity contribution in [2.45, 2.75) is 26.4 Å². The molecule has 90 valence electrons. The maximum atomic E-state index is 8.97. The van der Waals surface area contributed by atoms with Gasteiger partial charge in [0, 0.05) is 19.1 Å². The highest BCUT2D eigenvalue weighted by molar-refractivity contribution is 6.31. The fourth-order valence-corrected chi connectivity index (χ4v) is 1.62. The standard InChI is InChI=1S/C11H18ClN3O/c1-8(2)15(5-6-16)7-10-9(12)3-4-11(13)14-10/h3-4,8,16H,5-7H2,1-2H3,(H2,13,14). The normalized spacial score (nSPS) is 11.4. The van der Waals surface area contributed by atoms with E-state index >= 15 is 0 Å². The van der Waals surface area contributed by atoms with Crippen molar-refractivity contribution >= 4 is 17.4 Å². The third-order valence-electron chi connectivity index (χ3n) is 2.41. The van der Waals surface area contributed by atoms with Gasteiger partial charge in [0.05, 0.1) is 17.3 Å². The van der Waals surface area contributed by atoms with Crippen LogP contribution in [0.2, 0.25) is 5.02 Å². The highest BCUT2D eigenvalue weighted by atomic mass is 35.5. The molecule has 0 atom stereocenters. The van der Waals surface area contributed by atoms with Crippen LogP contribution in [-0.2, 0) is 6.54 Å². The maximum absolute atomic E-state index is 8.97. The Morgan fingerprint density at radius 1 is 1.50 bits per heavy atom. The Hall–Kier alpha value is -0.840. The van der Waals surface area contributed by atoms with Crippen LogP contribution in [0.15, 0.2) is 12.1 Å². The minimum Gasteiger partial charge on any atom is -0.395 e. The van der Waals surface area contributed by atoms with Crippen LogP contribution in [0.25, 0.3) is 0 Å². The van der Waals surface area contributed by atoms with Crippen LogP contribution < -0.4 is 5.73 Å². The Labute approximate surface area is 101 Å². The second kappa shape index (κ2) is 6.03. The Bertz CT molecular complexity index is 344. The van der Waals surface area contributed by atoms with E-state index in [1.807, 2.05) is 0 Å².